The fourth-order valence-corrected chi connectivity index (χ4v) is 2.32. The fourth-order valence-electron chi connectivity index (χ4n) is 2.32. The highest BCUT2D eigenvalue weighted by atomic mass is 16.5. The van der Waals surface area contributed by atoms with E-state index in [0.29, 0.717) is 6.10 Å². The van der Waals surface area contributed by atoms with Gasteiger partial charge in [-0.05, 0) is 25.8 Å². The van der Waals surface area contributed by atoms with Crippen molar-refractivity contribution < 1.29 is 14.6 Å². The van der Waals surface area contributed by atoms with E-state index in [1.807, 2.05) is 6.92 Å². The van der Waals surface area contributed by atoms with Gasteiger partial charge in [-0.2, -0.15) is 0 Å². The fraction of sp³-hybridized carbons (Fsp3) is 0.917. The summed E-state index contributed by atoms with van der Waals surface area (Å²) >= 11 is 0. The van der Waals surface area contributed by atoms with Gasteiger partial charge in [0.05, 0.1) is 12.5 Å². The van der Waals surface area contributed by atoms with E-state index in [0.717, 1.165) is 39.0 Å². The van der Waals surface area contributed by atoms with E-state index in [1.54, 1.807) is 0 Å². The highest BCUT2D eigenvalue weighted by Gasteiger charge is 2.24. The topological polar surface area (TPSA) is 49.8 Å². The zero-order chi connectivity index (χ0) is 12.0. The van der Waals surface area contributed by atoms with Crippen molar-refractivity contribution in [2.24, 2.45) is 0 Å². The molecule has 16 heavy (non-hydrogen) atoms. The summed E-state index contributed by atoms with van der Waals surface area (Å²) in [5, 5.41) is 8.86. The van der Waals surface area contributed by atoms with Crippen LogP contribution < -0.4 is 0 Å². The van der Waals surface area contributed by atoms with Gasteiger partial charge in [0.15, 0.2) is 0 Å². The Balaban J connectivity index is 2.45. The molecule has 0 spiro atoms. The first-order chi connectivity index (χ1) is 7.67. The monoisotopic (exact) mass is 229 g/mol. The molecule has 1 fully saturated rings. The number of aliphatic carboxylic acids is 1. The Labute approximate surface area is 97.6 Å². The summed E-state index contributed by atoms with van der Waals surface area (Å²) in [6.45, 7) is 6.76. The van der Waals surface area contributed by atoms with E-state index in [4.69, 9.17) is 9.84 Å². The van der Waals surface area contributed by atoms with Gasteiger partial charge < -0.3 is 9.84 Å². The number of hydrogen-bond acceptors (Lipinski definition) is 3. The molecule has 0 aromatic heterocycles. The van der Waals surface area contributed by atoms with Gasteiger partial charge in [0.25, 0.3) is 0 Å². The van der Waals surface area contributed by atoms with Crippen LogP contribution >= 0.6 is 0 Å². The van der Waals surface area contributed by atoms with Gasteiger partial charge >= 0.3 is 5.97 Å². The minimum Gasteiger partial charge on any atom is -0.481 e. The van der Waals surface area contributed by atoms with Crippen LogP contribution in [0.25, 0.3) is 0 Å². The zero-order valence-electron chi connectivity index (χ0n) is 10.3. The summed E-state index contributed by atoms with van der Waals surface area (Å²) in [5.41, 5.74) is 0. The van der Waals surface area contributed by atoms with Crippen molar-refractivity contribution in [1.82, 2.24) is 4.90 Å². The number of carboxylic acid groups (broad SMARTS) is 1. The molecule has 0 aliphatic carbocycles. The zero-order valence-corrected chi connectivity index (χ0v) is 10.3. The standard InChI is InChI=1S/C12H23NO3/c1-3-10(8-12(14)15)13(4-2)9-11-6-5-7-16-11/h10-11H,3-9H2,1-2H3,(H,14,15). The van der Waals surface area contributed by atoms with Crippen molar-refractivity contribution in [2.75, 3.05) is 19.7 Å². The van der Waals surface area contributed by atoms with Crippen LogP contribution in [0.2, 0.25) is 0 Å². The Bertz CT molecular complexity index is 214. The number of carbonyl (C=O) groups is 1. The number of ether oxygens (including phenoxy) is 1. The molecule has 1 aliphatic rings. The summed E-state index contributed by atoms with van der Waals surface area (Å²) in [5.74, 6) is -0.711. The molecule has 1 aliphatic heterocycles. The molecule has 0 saturated carbocycles. The Morgan fingerprint density at radius 2 is 2.31 bits per heavy atom. The van der Waals surface area contributed by atoms with Crippen LogP contribution in [-0.2, 0) is 9.53 Å². The molecule has 0 bridgehead atoms. The minimum atomic E-state index is -0.711. The van der Waals surface area contributed by atoms with Gasteiger partial charge in [0, 0.05) is 19.2 Å². The quantitative estimate of drug-likeness (QED) is 0.722. The molecule has 1 heterocycles. The normalized spacial score (nSPS) is 22.6. The van der Waals surface area contributed by atoms with Gasteiger partial charge in [-0.15, -0.1) is 0 Å². The predicted molar refractivity (Wildman–Crippen MR) is 62.6 cm³/mol. The third kappa shape index (κ3) is 4.10. The van der Waals surface area contributed by atoms with E-state index >= 15 is 0 Å². The maximum absolute atomic E-state index is 10.8. The number of rotatable bonds is 7. The van der Waals surface area contributed by atoms with E-state index in [9.17, 15) is 4.79 Å². The lowest BCUT2D eigenvalue weighted by atomic mass is 10.1. The lowest BCUT2D eigenvalue weighted by molar-refractivity contribution is -0.138. The van der Waals surface area contributed by atoms with Crippen LogP contribution in [0.15, 0.2) is 0 Å². The lowest BCUT2D eigenvalue weighted by Crippen LogP contribution is -2.41. The van der Waals surface area contributed by atoms with Crippen molar-refractivity contribution in [3.63, 3.8) is 0 Å². The summed E-state index contributed by atoms with van der Waals surface area (Å²) in [4.78, 5) is 13.0. The molecule has 0 aromatic rings. The summed E-state index contributed by atoms with van der Waals surface area (Å²) in [7, 11) is 0. The van der Waals surface area contributed by atoms with Gasteiger partial charge in [0.2, 0.25) is 0 Å². The van der Waals surface area contributed by atoms with Crippen molar-refractivity contribution in [3.8, 4) is 0 Å². The average Bonchev–Trinajstić information content (AvgIpc) is 2.75. The Morgan fingerprint density at radius 1 is 1.56 bits per heavy atom. The molecule has 0 amide bonds. The molecule has 1 rings (SSSR count). The second-order valence-electron chi connectivity index (χ2n) is 4.38. The molecule has 1 saturated heterocycles. The van der Waals surface area contributed by atoms with Crippen molar-refractivity contribution in [1.29, 1.82) is 0 Å². The molecule has 4 nitrogen and oxygen atoms in total. The van der Waals surface area contributed by atoms with Gasteiger partial charge in [0.1, 0.15) is 0 Å². The number of likely N-dealkylation sites (N-methyl/N-ethyl adjacent to an activating group) is 1. The largest absolute Gasteiger partial charge is 0.481 e. The first kappa shape index (κ1) is 13.5. The van der Waals surface area contributed by atoms with Gasteiger partial charge in [-0.3, -0.25) is 9.69 Å². The van der Waals surface area contributed by atoms with E-state index in [-0.39, 0.29) is 12.5 Å². The molecule has 94 valence electrons. The maximum atomic E-state index is 10.8. The SMILES string of the molecule is CCC(CC(=O)O)N(CC)CC1CCCO1. The molecule has 2 atom stereocenters. The molecular formula is C12H23NO3. The van der Waals surface area contributed by atoms with E-state index < -0.39 is 5.97 Å². The maximum Gasteiger partial charge on any atom is 0.304 e. The number of carboxylic acids is 1. The van der Waals surface area contributed by atoms with Crippen LogP contribution in [-0.4, -0.2) is 47.8 Å². The smallest absolute Gasteiger partial charge is 0.304 e. The Hall–Kier alpha value is -0.610. The van der Waals surface area contributed by atoms with Crippen molar-refractivity contribution in [3.05, 3.63) is 0 Å². The summed E-state index contributed by atoms with van der Waals surface area (Å²) in [6.07, 6.45) is 3.67. The molecule has 1 N–H and O–H groups in total. The molecular weight excluding hydrogens is 206 g/mol. The minimum absolute atomic E-state index is 0.145. The first-order valence-corrected chi connectivity index (χ1v) is 6.24. The molecule has 0 aromatic carbocycles. The van der Waals surface area contributed by atoms with Crippen LogP contribution in [0.5, 0.6) is 0 Å². The number of hydrogen-bond donors (Lipinski definition) is 1. The molecule has 4 heteroatoms. The van der Waals surface area contributed by atoms with Crippen molar-refractivity contribution >= 4 is 5.97 Å². The third-order valence-corrected chi connectivity index (χ3v) is 3.27. The summed E-state index contributed by atoms with van der Waals surface area (Å²) in [6, 6.07) is 0.145. The lowest BCUT2D eigenvalue weighted by Gasteiger charge is -2.30. The van der Waals surface area contributed by atoms with Crippen LogP contribution in [0, 0.1) is 0 Å². The van der Waals surface area contributed by atoms with E-state index in [1.165, 1.54) is 0 Å². The van der Waals surface area contributed by atoms with Gasteiger partial charge in [-0.1, -0.05) is 13.8 Å². The molecule has 2 unspecified atom stereocenters. The van der Waals surface area contributed by atoms with Crippen LogP contribution in [0.3, 0.4) is 0 Å². The highest BCUT2D eigenvalue weighted by Crippen LogP contribution is 2.16. The second kappa shape index (κ2) is 6.86. The van der Waals surface area contributed by atoms with Crippen molar-refractivity contribution in [2.45, 2.75) is 51.7 Å². The number of nitrogens with zero attached hydrogens (tertiary/aromatic N) is 1. The third-order valence-electron chi connectivity index (χ3n) is 3.27. The molecule has 0 radical (unpaired) electrons. The first-order valence-electron chi connectivity index (χ1n) is 6.24. The van der Waals surface area contributed by atoms with Crippen LogP contribution in [0.1, 0.15) is 39.5 Å². The predicted octanol–water partition coefficient (Wildman–Crippen LogP) is 1.74. The average molecular weight is 229 g/mol. The van der Waals surface area contributed by atoms with Crippen LogP contribution in [0.4, 0.5) is 0 Å². The highest BCUT2D eigenvalue weighted by molar-refractivity contribution is 5.67. The Kier molecular flexibility index (Phi) is 5.77. The summed E-state index contributed by atoms with van der Waals surface area (Å²) < 4.78 is 5.60. The van der Waals surface area contributed by atoms with E-state index in [2.05, 4.69) is 11.8 Å². The van der Waals surface area contributed by atoms with Gasteiger partial charge in [-0.25, -0.2) is 0 Å². The Morgan fingerprint density at radius 3 is 2.75 bits per heavy atom. The second-order valence-corrected chi connectivity index (χ2v) is 4.38.